The van der Waals surface area contributed by atoms with Gasteiger partial charge in [-0.15, -0.1) is 0 Å². The second-order valence-electron chi connectivity index (χ2n) is 6.99. The molecule has 3 heterocycles. The standard InChI is InChI=1S/C21H20Cl2N6O/c1-2-19(30)29-9-7-13(8-10-29)26-18-6-5-17-20(28-18)21(25-12-24-17)27-14-3-4-15(22)16(23)11-14/h2-6,11-13H,1,7-10H2,(H,26,28)(H,24,25,27). The lowest BCUT2D eigenvalue weighted by Gasteiger charge is -2.32. The summed E-state index contributed by atoms with van der Waals surface area (Å²) in [5.41, 5.74) is 2.13. The van der Waals surface area contributed by atoms with Crippen molar-refractivity contribution in [2.24, 2.45) is 0 Å². The van der Waals surface area contributed by atoms with Crippen LogP contribution in [0.25, 0.3) is 11.0 Å². The Bertz CT molecular complexity index is 1100. The van der Waals surface area contributed by atoms with Gasteiger partial charge in [-0.05, 0) is 49.2 Å². The molecule has 9 heteroatoms. The number of anilines is 3. The minimum absolute atomic E-state index is 0.0209. The van der Waals surface area contributed by atoms with E-state index in [9.17, 15) is 4.79 Å². The molecule has 154 valence electrons. The highest BCUT2D eigenvalue weighted by molar-refractivity contribution is 6.42. The normalized spacial score (nSPS) is 14.5. The average Bonchev–Trinajstić information content (AvgIpc) is 2.77. The van der Waals surface area contributed by atoms with E-state index in [1.807, 2.05) is 23.1 Å². The number of nitrogens with one attached hydrogen (secondary N) is 2. The van der Waals surface area contributed by atoms with Crippen LogP contribution in [0.4, 0.5) is 17.3 Å². The molecular weight excluding hydrogens is 423 g/mol. The molecule has 1 amide bonds. The van der Waals surface area contributed by atoms with Crippen LogP contribution in [0, 0.1) is 0 Å². The summed E-state index contributed by atoms with van der Waals surface area (Å²) >= 11 is 12.1. The van der Waals surface area contributed by atoms with Crippen molar-refractivity contribution in [3.63, 3.8) is 0 Å². The summed E-state index contributed by atoms with van der Waals surface area (Å²) in [4.78, 5) is 26.9. The van der Waals surface area contributed by atoms with Gasteiger partial charge >= 0.3 is 0 Å². The third-order valence-corrected chi connectivity index (χ3v) is 5.74. The van der Waals surface area contributed by atoms with Gasteiger partial charge in [0.2, 0.25) is 5.91 Å². The number of hydrogen-bond acceptors (Lipinski definition) is 6. The molecule has 0 unspecified atom stereocenters. The first-order valence-corrected chi connectivity index (χ1v) is 10.3. The van der Waals surface area contributed by atoms with Crippen LogP contribution in [-0.4, -0.2) is 44.9 Å². The number of hydrogen-bond donors (Lipinski definition) is 2. The molecule has 4 rings (SSSR count). The van der Waals surface area contributed by atoms with Gasteiger partial charge in [0.1, 0.15) is 17.7 Å². The molecule has 0 atom stereocenters. The third-order valence-electron chi connectivity index (χ3n) is 5.00. The molecule has 0 aliphatic carbocycles. The molecule has 0 spiro atoms. The Morgan fingerprint density at radius 1 is 1.13 bits per heavy atom. The van der Waals surface area contributed by atoms with Gasteiger partial charge in [-0.2, -0.15) is 0 Å². The molecule has 0 radical (unpaired) electrons. The number of pyridine rings is 1. The molecule has 1 saturated heterocycles. The number of likely N-dealkylation sites (tertiary alicyclic amines) is 1. The molecule has 1 aliphatic rings. The van der Waals surface area contributed by atoms with Gasteiger partial charge in [-0.1, -0.05) is 29.8 Å². The zero-order valence-corrected chi connectivity index (χ0v) is 17.6. The van der Waals surface area contributed by atoms with Crippen molar-refractivity contribution in [3.8, 4) is 0 Å². The number of carbonyl (C=O) groups excluding carboxylic acids is 1. The summed E-state index contributed by atoms with van der Waals surface area (Å²) < 4.78 is 0. The van der Waals surface area contributed by atoms with Crippen LogP contribution < -0.4 is 10.6 Å². The van der Waals surface area contributed by atoms with Crippen LogP contribution >= 0.6 is 23.2 Å². The van der Waals surface area contributed by atoms with E-state index < -0.39 is 0 Å². The second-order valence-corrected chi connectivity index (χ2v) is 7.80. The topological polar surface area (TPSA) is 83.0 Å². The number of aromatic nitrogens is 3. The maximum atomic E-state index is 11.7. The molecule has 1 aliphatic heterocycles. The van der Waals surface area contributed by atoms with E-state index in [0.717, 1.165) is 29.9 Å². The highest BCUT2D eigenvalue weighted by Crippen LogP contribution is 2.28. The monoisotopic (exact) mass is 442 g/mol. The summed E-state index contributed by atoms with van der Waals surface area (Å²) in [5.74, 6) is 1.30. The van der Waals surface area contributed by atoms with Gasteiger partial charge in [-0.25, -0.2) is 15.0 Å². The molecular formula is C21H20Cl2N6O. The Labute approximate surface area is 184 Å². The van der Waals surface area contributed by atoms with Crippen molar-refractivity contribution in [3.05, 3.63) is 59.4 Å². The Kier molecular flexibility index (Phi) is 6.01. The average molecular weight is 443 g/mol. The summed E-state index contributed by atoms with van der Waals surface area (Å²) in [6.07, 6.45) is 4.54. The maximum absolute atomic E-state index is 11.7. The molecule has 1 fully saturated rings. The van der Waals surface area contributed by atoms with Crippen LogP contribution in [0.1, 0.15) is 12.8 Å². The van der Waals surface area contributed by atoms with E-state index in [0.29, 0.717) is 34.5 Å². The quantitative estimate of drug-likeness (QED) is 0.558. The van der Waals surface area contributed by atoms with Crippen LogP contribution in [-0.2, 0) is 4.79 Å². The smallest absolute Gasteiger partial charge is 0.245 e. The van der Waals surface area contributed by atoms with Gasteiger partial charge in [-0.3, -0.25) is 4.79 Å². The maximum Gasteiger partial charge on any atom is 0.245 e. The lowest BCUT2D eigenvalue weighted by atomic mass is 10.0. The largest absolute Gasteiger partial charge is 0.367 e. The van der Waals surface area contributed by atoms with Gasteiger partial charge in [0, 0.05) is 24.8 Å². The van der Waals surface area contributed by atoms with E-state index in [1.54, 1.807) is 12.1 Å². The molecule has 0 saturated carbocycles. The number of rotatable bonds is 5. The predicted octanol–water partition coefficient (Wildman–Crippen LogP) is 4.66. The Balaban J connectivity index is 1.52. The van der Waals surface area contributed by atoms with E-state index in [-0.39, 0.29) is 11.9 Å². The van der Waals surface area contributed by atoms with E-state index >= 15 is 0 Å². The van der Waals surface area contributed by atoms with Crippen LogP contribution in [0.2, 0.25) is 10.0 Å². The fraction of sp³-hybridized carbons (Fsp3) is 0.238. The number of carbonyl (C=O) groups is 1. The van der Waals surface area contributed by atoms with Gasteiger partial charge < -0.3 is 15.5 Å². The van der Waals surface area contributed by atoms with Crippen molar-refractivity contribution in [2.75, 3.05) is 23.7 Å². The lowest BCUT2D eigenvalue weighted by molar-refractivity contribution is -0.126. The summed E-state index contributed by atoms with van der Waals surface area (Å²) in [5, 5.41) is 7.64. The Hall–Kier alpha value is -2.90. The zero-order valence-electron chi connectivity index (χ0n) is 16.1. The minimum atomic E-state index is -0.0209. The summed E-state index contributed by atoms with van der Waals surface area (Å²) in [6, 6.07) is 9.32. The summed E-state index contributed by atoms with van der Waals surface area (Å²) in [6.45, 7) is 4.95. The van der Waals surface area contributed by atoms with Crippen LogP contribution in [0.3, 0.4) is 0 Å². The molecule has 7 nitrogen and oxygen atoms in total. The number of benzene rings is 1. The van der Waals surface area contributed by atoms with E-state index in [2.05, 4.69) is 27.2 Å². The third kappa shape index (κ3) is 4.47. The van der Waals surface area contributed by atoms with Gasteiger partial charge in [0.05, 0.1) is 15.6 Å². The number of nitrogens with zero attached hydrogens (tertiary/aromatic N) is 4. The number of fused-ring (bicyclic) bond motifs is 1. The fourth-order valence-corrected chi connectivity index (χ4v) is 3.70. The SMILES string of the molecule is C=CC(=O)N1CCC(Nc2ccc3ncnc(Nc4ccc(Cl)c(Cl)c4)c3n2)CC1. The van der Waals surface area contributed by atoms with Crippen molar-refractivity contribution >= 4 is 57.5 Å². The van der Waals surface area contributed by atoms with Crippen molar-refractivity contribution in [2.45, 2.75) is 18.9 Å². The fourth-order valence-electron chi connectivity index (χ4n) is 3.41. The highest BCUT2D eigenvalue weighted by Gasteiger charge is 2.21. The zero-order chi connectivity index (χ0) is 21.1. The van der Waals surface area contributed by atoms with E-state index in [1.165, 1.54) is 12.4 Å². The first kappa shape index (κ1) is 20.4. The molecule has 2 aromatic heterocycles. The van der Waals surface area contributed by atoms with Crippen molar-refractivity contribution in [1.29, 1.82) is 0 Å². The number of amides is 1. The molecule has 3 aromatic rings. The predicted molar refractivity (Wildman–Crippen MR) is 120 cm³/mol. The van der Waals surface area contributed by atoms with Crippen molar-refractivity contribution < 1.29 is 4.79 Å². The minimum Gasteiger partial charge on any atom is -0.367 e. The molecule has 2 N–H and O–H groups in total. The lowest BCUT2D eigenvalue weighted by Crippen LogP contribution is -2.41. The first-order valence-electron chi connectivity index (χ1n) is 9.55. The first-order chi connectivity index (χ1) is 14.5. The van der Waals surface area contributed by atoms with Gasteiger partial charge in [0.25, 0.3) is 0 Å². The Morgan fingerprint density at radius 3 is 2.67 bits per heavy atom. The van der Waals surface area contributed by atoms with Crippen molar-refractivity contribution in [1.82, 2.24) is 19.9 Å². The number of halogens is 2. The van der Waals surface area contributed by atoms with E-state index in [4.69, 9.17) is 28.2 Å². The highest BCUT2D eigenvalue weighted by atomic mass is 35.5. The van der Waals surface area contributed by atoms with Gasteiger partial charge in [0.15, 0.2) is 5.82 Å². The molecule has 0 bridgehead atoms. The van der Waals surface area contributed by atoms with Crippen LogP contribution in [0.5, 0.6) is 0 Å². The number of piperidine rings is 1. The van der Waals surface area contributed by atoms with Crippen LogP contribution in [0.15, 0.2) is 49.3 Å². The molecule has 30 heavy (non-hydrogen) atoms. The Morgan fingerprint density at radius 2 is 1.93 bits per heavy atom. The summed E-state index contributed by atoms with van der Waals surface area (Å²) in [7, 11) is 0. The molecule has 1 aromatic carbocycles. The second kappa shape index (κ2) is 8.85.